The minimum absolute atomic E-state index is 0.0568. The SMILES string of the molecule is COC1CNC(C(=O)NC2CCC3CC(C)CC2C3)C1. The van der Waals surface area contributed by atoms with Crippen LogP contribution in [0.2, 0.25) is 0 Å². The molecule has 2 bridgehead atoms. The maximum absolute atomic E-state index is 12.4. The van der Waals surface area contributed by atoms with Crippen LogP contribution in [0, 0.1) is 17.8 Å². The van der Waals surface area contributed by atoms with Crippen molar-refractivity contribution in [3.8, 4) is 0 Å². The first-order valence-corrected chi connectivity index (χ1v) is 8.22. The zero-order chi connectivity index (χ0) is 14.1. The van der Waals surface area contributed by atoms with E-state index in [1.807, 2.05) is 0 Å². The van der Waals surface area contributed by atoms with Gasteiger partial charge < -0.3 is 15.4 Å². The van der Waals surface area contributed by atoms with E-state index in [-0.39, 0.29) is 18.1 Å². The van der Waals surface area contributed by atoms with Crippen molar-refractivity contribution < 1.29 is 9.53 Å². The van der Waals surface area contributed by atoms with Gasteiger partial charge in [-0.05, 0) is 56.3 Å². The third-order valence-corrected chi connectivity index (χ3v) is 5.60. The smallest absolute Gasteiger partial charge is 0.237 e. The van der Waals surface area contributed by atoms with Gasteiger partial charge in [0.1, 0.15) is 0 Å². The number of carbonyl (C=O) groups excluding carboxylic acids is 1. The molecule has 3 rings (SSSR count). The van der Waals surface area contributed by atoms with Gasteiger partial charge in [0, 0.05) is 19.7 Å². The minimum atomic E-state index is -0.0568. The van der Waals surface area contributed by atoms with Gasteiger partial charge in [0.25, 0.3) is 0 Å². The monoisotopic (exact) mass is 280 g/mol. The molecule has 0 aromatic carbocycles. The summed E-state index contributed by atoms with van der Waals surface area (Å²) < 4.78 is 5.32. The van der Waals surface area contributed by atoms with Gasteiger partial charge in [-0.1, -0.05) is 6.92 Å². The van der Waals surface area contributed by atoms with Gasteiger partial charge in [0.2, 0.25) is 5.91 Å². The molecule has 3 aliphatic rings. The molecule has 1 aliphatic heterocycles. The van der Waals surface area contributed by atoms with E-state index in [1.54, 1.807) is 7.11 Å². The Balaban J connectivity index is 1.53. The highest BCUT2D eigenvalue weighted by atomic mass is 16.5. The molecule has 0 aromatic rings. The average molecular weight is 280 g/mol. The molecule has 0 aromatic heterocycles. The fraction of sp³-hybridized carbons (Fsp3) is 0.938. The molecule has 0 spiro atoms. The first-order valence-electron chi connectivity index (χ1n) is 8.22. The van der Waals surface area contributed by atoms with Crippen LogP contribution in [0.1, 0.15) is 45.4 Å². The Morgan fingerprint density at radius 1 is 1.20 bits per heavy atom. The Morgan fingerprint density at radius 3 is 2.80 bits per heavy atom. The third kappa shape index (κ3) is 3.01. The van der Waals surface area contributed by atoms with Crippen LogP contribution in [-0.2, 0) is 9.53 Å². The lowest BCUT2D eigenvalue weighted by molar-refractivity contribution is -0.124. The van der Waals surface area contributed by atoms with Crippen LogP contribution in [0.3, 0.4) is 0 Å². The van der Waals surface area contributed by atoms with Gasteiger partial charge in [-0.2, -0.15) is 0 Å². The highest BCUT2D eigenvalue weighted by Gasteiger charge is 2.38. The van der Waals surface area contributed by atoms with E-state index in [4.69, 9.17) is 4.74 Å². The first kappa shape index (κ1) is 14.3. The molecular formula is C16H28N2O2. The fourth-order valence-corrected chi connectivity index (χ4v) is 4.57. The predicted octanol–water partition coefficient (Wildman–Crippen LogP) is 1.69. The van der Waals surface area contributed by atoms with Crippen LogP contribution < -0.4 is 10.6 Å². The number of hydrogen-bond donors (Lipinski definition) is 2. The molecule has 1 heterocycles. The van der Waals surface area contributed by atoms with Gasteiger partial charge in [-0.15, -0.1) is 0 Å². The molecule has 2 N–H and O–H groups in total. The Labute approximate surface area is 122 Å². The van der Waals surface area contributed by atoms with E-state index in [0.717, 1.165) is 24.8 Å². The molecule has 114 valence electrons. The molecular weight excluding hydrogens is 252 g/mol. The molecule has 1 saturated heterocycles. The zero-order valence-electron chi connectivity index (χ0n) is 12.7. The lowest BCUT2D eigenvalue weighted by Crippen LogP contribution is -2.51. The number of methoxy groups -OCH3 is 1. The van der Waals surface area contributed by atoms with E-state index < -0.39 is 0 Å². The molecule has 4 heteroatoms. The molecule has 6 unspecified atom stereocenters. The highest BCUT2D eigenvalue weighted by Crippen LogP contribution is 2.42. The topological polar surface area (TPSA) is 50.4 Å². The summed E-state index contributed by atoms with van der Waals surface area (Å²) in [6, 6.07) is 0.351. The molecule has 20 heavy (non-hydrogen) atoms. The summed E-state index contributed by atoms with van der Waals surface area (Å²) in [6.45, 7) is 3.16. The Hall–Kier alpha value is -0.610. The lowest BCUT2D eigenvalue weighted by Gasteiger charge is -2.43. The highest BCUT2D eigenvalue weighted by molar-refractivity contribution is 5.82. The number of hydrogen-bond acceptors (Lipinski definition) is 3. The number of carbonyl (C=O) groups is 1. The fourth-order valence-electron chi connectivity index (χ4n) is 4.57. The number of fused-ring (bicyclic) bond motifs is 2. The van der Waals surface area contributed by atoms with Crippen LogP contribution in [0.15, 0.2) is 0 Å². The van der Waals surface area contributed by atoms with Gasteiger partial charge in [0.05, 0.1) is 12.1 Å². The van der Waals surface area contributed by atoms with E-state index in [0.29, 0.717) is 12.0 Å². The standard InChI is InChI=1S/C16H28N2O2/c1-10-5-11-3-4-14(12(6-10)7-11)18-16(19)15-8-13(20-2)9-17-15/h10-15,17H,3-9H2,1-2H3,(H,18,19). The van der Waals surface area contributed by atoms with Gasteiger partial charge in [-0.3, -0.25) is 4.79 Å². The quantitative estimate of drug-likeness (QED) is 0.827. The second kappa shape index (κ2) is 6.02. The molecule has 2 aliphatic carbocycles. The van der Waals surface area contributed by atoms with Gasteiger partial charge >= 0.3 is 0 Å². The summed E-state index contributed by atoms with van der Waals surface area (Å²) >= 11 is 0. The molecule has 4 nitrogen and oxygen atoms in total. The van der Waals surface area contributed by atoms with Gasteiger partial charge in [0.15, 0.2) is 0 Å². The Bertz CT molecular complexity index is 358. The summed E-state index contributed by atoms with van der Waals surface area (Å²) in [5.74, 6) is 2.65. The average Bonchev–Trinajstić information content (AvgIpc) is 2.90. The van der Waals surface area contributed by atoms with Crippen molar-refractivity contribution in [1.29, 1.82) is 0 Å². The largest absolute Gasteiger partial charge is 0.380 e. The van der Waals surface area contributed by atoms with E-state index in [2.05, 4.69) is 17.6 Å². The lowest BCUT2D eigenvalue weighted by atomic mass is 9.66. The summed E-state index contributed by atoms with van der Waals surface area (Å²) in [5.41, 5.74) is 0. The van der Waals surface area contributed by atoms with Crippen molar-refractivity contribution in [2.75, 3.05) is 13.7 Å². The molecule has 1 amide bonds. The van der Waals surface area contributed by atoms with Crippen LogP contribution in [-0.4, -0.2) is 37.7 Å². The van der Waals surface area contributed by atoms with Crippen LogP contribution >= 0.6 is 0 Å². The van der Waals surface area contributed by atoms with E-state index in [1.165, 1.54) is 32.1 Å². The number of nitrogens with one attached hydrogen (secondary N) is 2. The number of ether oxygens (including phenoxy) is 1. The second-order valence-corrected chi connectivity index (χ2v) is 7.19. The van der Waals surface area contributed by atoms with Crippen molar-refractivity contribution >= 4 is 5.91 Å². The van der Waals surface area contributed by atoms with E-state index >= 15 is 0 Å². The Kier molecular flexibility index (Phi) is 4.32. The Morgan fingerprint density at radius 2 is 2.05 bits per heavy atom. The second-order valence-electron chi connectivity index (χ2n) is 7.19. The molecule has 0 radical (unpaired) electrons. The normalized spacial score (nSPS) is 44.3. The van der Waals surface area contributed by atoms with Crippen molar-refractivity contribution in [2.24, 2.45) is 17.8 Å². The maximum Gasteiger partial charge on any atom is 0.237 e. The first-order chi connectivity index (χ1) is 9.65. The van der Waals surface area contributed by atoms with Crippen LogP contribution in [0.25, 0.3) is 0 Å². The zero-order valence-corrected chi connectivity index (χ0v) is 12.7. The number of amides is 1. The third-order valence-electron chi connectivity index (χ3n) is 5.60. The van der Waals surface area contributed by atoms with Crippen molar-refractivity contribution in [3.63, 3.8) is 0 Å². The molecule has 6 atom stereocenters. The summed E-state index contributed by atoms with van der Waals surface area (Å²) in [5, 5.41) is 6.60. The summed E-state index contributed by atoms with van der Waals surface area (Å²) in [7, 11) is 1.72. The van der Waals surface area contributed by atoms with Gasteiger partial charge in [-0.25, -0.2) is 0 Å². The van der Waals surface area contributed by atoms with Crippen LogP contribution in [0.5, 0.6) is 0 Å². The summed E-state index contributed by atoms with van der Waals surface area (Å²) in [6.07, 6.45) is 7.49. The van der Waals surface area contributed by atoms with Crippen LogP contribution in [0.4, 0.5) is 0 Å². The summed E-state index contributed by atoms with van der Waals surface area (Å²) in [4.78, 5) is 12.4. The molecule has 3 fully saturated rings. The van der Waals surface area contributed by atoms with Crippen molar-refractivity contribution in [2.45, 2.75) is 63.6 Å². The minimum Gasteiger partial charge on any atom is -0.380 e. The predicted molar refractivity (Wildman–Crippen MR) is 78.4 cm³/mol. The molecule has 2 saturated carbocycles. The maximum atomic E-state index is 12.4. The number of rotatable bonds is 3. The van der Waals surface area contributed by atoms with Crippen molar-refractivity contribution in [3.05, 3.63) is 0 Å². The van der Waals surface area contributed by atoms with E-state index in [9.17, 15) is 4.79 Å². The van der Waals surface area contributed by atoms with Crippen molar-refractivity contribution in [1.82, 2.24) is 10.6 Å².